The highest BCUT2D eigenvalue weighted by atomic mass is 35.5. The van der Waals surface area contributed by atoms with Crippen LogP contribution in [0.1, 0.15) is 11.3 Å². The van der Waals surface area contributed by atoms with Gasteiger partial charge < -0.3 is 14.8 Å². The Balaban J connectivity index is 0.00000131. The summed E-state index contributed by atoms with van der Waals surface area (Å²) in [4.78, 5) is 16.5. The number of nitrogens with one attached hydrogen (secondary N) is 1. The molecule has 0 amide bonds. The first-order chi connectivity index (χ1) is 12.2. The van der Waals surface area contributed by atoms with E-state index >= 15 is 0 Å². The summed E-state index contributed by atoms with van der Waals surface area (Å²) in [7, 11) is 0. The Morgan fingerprint density at radius 2 is 1.63 bits per heavy atom. The van der Waals surface area contributed by atoms with Crippen LogP contribution in [0, 0.1) is 0 Å². The van der Waals surface area contributed by atoms with Gasteiger partial charge in [-0.15, -0.1) is 24.8 Å². The van der Waals surface area contributed by atoms with E-state index in [0.717, 1.165) is 16.5 Å². The van der Waals surface area contributed by atoms with Gasteiger partial charge in [-0.2, -0.15) is 0 Å². The molecule has 27 heavy (non-hydrogen) atoms. The summed E-state index contributed by atoms with van der Waals surface area (Å²) >= 11 is 0. The molecule has 2 heterocycles. The number of phenolic OH excluding ortho intramolecular Hbond substituents is 1. The Morgan fingerprint density at radius 1 is 0.889 bits per heavy atom. The molecule has 0 saturated heterocycles. The van der Waals surface area contributed by atoms with E-state index in [9.17, 15) is 9.90 Å². The van der Waals surface area contributed by atoms with E-state index in [-0.39, 0.29) is 30.6 Å². The van der Waals surface area contributed by atoms with E-state index in [1.54, 1.807) is 30.5 Å². The fourth-order valence-corrected chi connectivity index (χ4v) is 2.98. The molecule has 2 aromatic heterocycles. The molecule has 0 bridgehead atoms. The van der Waals surface area contributed by atoms with Crippen LogP contribution < -0.4 is 10.9 Å². The number of nitrogens with zero attached hydrogens (tertiary/aromatic N) is 1. The van der Waals surface area contributed by atoms with E-state index in [0.29, 0.717) is 29.6 Å². The second-order valence-electron chi connectivity index (χ2n) is 5.80. The fraction of sp³-hybridized carbons (Fsp3) is 0.100. The number of phenols is 1. The van der Waals surface area contributed by atoms with Crippen molar-refractivity contribution in [1.29, 1.82) is 0 Å². The largest absolute Gasteiger partial charge is 0.507 e. The number of benzene rings is 2. The number of hydrogen-bond acceptors (Lipinski definition) is 5. The third kappa shape index (κ3) is 4.06. The summed E-state index contributed by atoms with van der Waals surface area (Å²) in [5.74, 6) is 0.0967. The van der Waals surface area contributed by atoms with Crippen molar-refractivity contribution >= 4 is 46.6 Å². The maximum Gasteiger partial charge on any atom is 0.344 e. The van der Waals surface area contributed by atoms with Gasteiger partial charge in [-0.1, -0.05) is 24.3 Å². The van der Waals surface area contributed by atoms with Gasteiger partial charge in [0, 0.05) is 24.7 Å². The number of aromatic nitrogens is 1. The van der Waals surface area contributed by atoms with Crippen LogP contribution in [0.2, 0.25) is 0 Å². The zero-order chi connectivity index (χ0) is 17.2. The van der Waals surface area contributed by atoms with Crippen molar-refractivity contribution in [3.63, 3.8) is 0 Å². The first-order valence-electron chi connectivity index (χ1n) is 8.01. The maximum atomic E-state index is 12.3. The van der Waals surface area contributed by atoms with Gasteiger partial charge in [0.2, 0.25) is 0 Å². The molecule has 4 aromatic rings. The van der Waals surface area contributed by atoms with Crippen LogP contribution >= 0.6 is 24.8 Å². The first-order valence-corrected chi connectivity index (χ1v) is 8.01. The summed E-state index contributed by atoms with van der Waals surface area (Å²) in [6.07, 6.45) is 1.73. The minimum absolute atomic E-state index is 0. The molecule has 0 aliphatic heterocycles. The topological polar surface area (TPSA) is 75.4 Å². The molecule has 140 valence electrons. The molecule has 0 saturated carbocycles. The molecule has 0 unspecified atom stereocenters. The van der Waals surface area contributed by atoms with Crippen molar-refractivity contribution in [2.75, 3.05) is 0 Å². The van der Waals surface area contributed by atoms with Crippen LogP contribution in [-0.4, -0.2) is 10.1 Å². The van der Waals surface area contributed by atoms with E-state index in [4.69, 9.17) is 4.42 Å². The van der Waals surface area contributed by atoms with E-state index in [1.165, 1.54) is 0 Å². The lowest BCUT2D eigenvalue weighted by molar-refractivity contribution is 0.461. The van der Waals surface area contributed by atoms with Crippen molar-refractivity contribution in [2.24, 2.45) is 0 Å². The molecule has 0 aliphatic carbocycles. The molecule has 0 atom stereocenters. The van der Waals surface area contributed by atoms with Crippen LogP contribution in [-0.2, 0) is 13.1 Å². The lowest BCUT2D eigenvalue weighted by Crippen LogP contribution is -2.14. The molecular formula is C20H18Cl2N2O3. The highest BCUT2D eigenvalue weighted by Gasteiger charge is 2.13. The Bertz CT molecular complexity index is 1110. The number of rotatable bonds is 4. The van der Waals surface area contributed by atoms with Gasteiger partial charge in [-0.05, 0) is 35.7 Å². The predicted molar refractivity (Wildman–Crippen MR) is 111 cm³/mol. The second kappa shape index (κ2) is 8.86. The third-order valence-electron chi connectivity index (χ3n) is 4.20. The van der Waals surface area contributed by atoms with Gasteiger partial charge in [0.05, 0.1) is 16.6 Å². The van der Waals surface area contributed by atoms with Crippen molar-refractivity contribution in [1.82, 2.24) is 10.3 Å². The summed E-state index contributed by atoms with van der Waals surface area (Å²) in [6, 6.07) is 16.4. The minimum atomic E-state index is -0.403. The Kier molecular flexibility index (Phi) is 6.80. The lowest BCUT2D eigenvalue weighted by Gasteiger charge is -2.10. The molecule has 2 aromatic carbocycles. The molecule has 0 aliphatic rings. The smallest absolute Gasteiger partial charge is 0.344 e. The molecule has 2 N–H and O–H groups in total. The summed E-state index contributed by atoms with van der Waals surface area (Å²) < 4.78 is 5.52. The number of fused-ring (bicyclic) bond motifs is 3. The Morgan fingerprint density at radius 3 is 2.37 bits per heavy atom. The predicted octanol–water partition coefficient (Wildman–Crippen LogP) is 4.18. The molecule has 4 rings (SSSR count). The van der Waals surface area contributed by atoms with Gasteiger partial charge in [0.1, 0.15) is 11.3 Å². The average Bonchev–Trinajstić information content (AvgIpc) is 2.65. The zero-order valence-corrected chi connectivity index (χ0v) is 15.8. The van der Waals surface area contributed by atoms with E-state index in [1.807, 2.05) is 30.3 Å². The van der Waals surface area contributed by atoms with Crippen molar-refractivity contribution < 1.29 is 9.52 Å². The molecule has 0 fully saturated rings. The SMILES string of the molecule is Cl.Cl.O=c1oc2c(CNCc3ccccn3)c(O)ccc2c2ccccc12. The zero-order valence-electron chi connectivity index (χ0n) is 14.2. The molecule has 7 heteroatoms. The van der Waals surface area contributed by atoms with Crippen molar-refractivity contribution in [3.05, 3.63) is 82.5 Å². The van der Waals surface area contributed by atoms with Crippen LogP contribution in [0.25, 0.3) is 21.7 Å². The summed E-state index contributed by atoms with van der Waals surface area (Å²) in [6.45, 7) is 0.912. The van der Waals surface area contributed by atoms with Crippen molar-refractivity contribution in [2.45, 2.75) is 13.1 Å². The summed E-state index contributed by atoms with van der Waals surface area (Å²) in [5, 5.41) is 15.6. The normalized spacial score (nSPS) is 10.4. The van der Waals surface area contributed by atoms with Gasteiger partial charge in [-0.25, -0.2) is 4.79 Å². The molecular weight excluding hydrogens is 387 g/mol. The van der Waals surface area contributed by atoms with Gasteiger partial charge >= 0.3 is 5.63 Å². The monoisotopic (exact) mass is 404 g/mol. The minimum Gasteiger partial charge on any atom is -0.507 e. The maximum absolute atomic E-state index is 12.3. The standard InChI is InChI=1S/C20H16N2O3.2ClH/c23-18-9-8-15-14-6-1-2-7-16(14)20(24)25-19(15)17(18)12-21-11-13-5-3-4-10-22-13;;/h1-10,21,23H,11-12H2;2*1H. The molecule has 0 spiro atoms. The Hall–Kier alpha value is -2.60. The average molecular weight is 405 g/mol. The molecule has 5 nitrogen and oxygen atoms in total. The number of pyridine rings is 1. The van der Waals surface area contributed by atoms with Crippen LogP contribution in [0.3, 0.4) is 0 Å². The number of aromatic hydroxyl groups is 1. The number of hydrogen-bond donors (Lipinski definition) is 2. The van der Waals surface area contributed by atoms with Crippen LogP contribution in [0.15, 0.2) is 70.0 Å². The van der Waals surface area contributed by atoms with E-state index in [2.05, 4.69) is 10.3 Å². The van der Waals surface area contributed by atoms with Crippen LogP contribution in [0.4, 0.5) is 0 Å². The highest BCUT2D eigenvalue weighted by Crippen LogP contribution is 2.30. The molecule has 0 radical (unpaired) electrons. The van der Waals surface area contributed by atoms with Gasteiger partial charge in [0.25, 0.3) is 0 Å². The summed E-state index contributed by atoms with van der Waals surface area (Å²) in [5.41, 5.74) is 1.47. The highest BCUT2D eigenvalue weighted by molar-refractivity contribution is 6.05. The van der Waals surface area contributed by atoms with Crippen molar-refractivity contribution in [3.8, 4) is 5.75 Å². The number of halogens is 2. The quantitative estimate of drug-likeness (QED) is 0.394. The fourth-order valence-electron chi connectivity index (χ4n) is 2.98. The Labute approximate surface area is 167 Å². The van der Waals surface area contributed by atoms with Gasteiger partial charge in [0.15, 0.2) is 0 Å². The first kappa shape index (κ1) is 20.7. The second-order valence-corrected chi connectivity index (χ2v) is 5.80. The van der Waals surface area contributed by atoms with E-state index < -0.39 is 5.63 Å². The third-order valence-corrected chi connectivity index (χ3v) is 4.20. The van der Waals surface area contributed by atoms with Crippen LogP contribution in [0.5, 0.6) is 5.75 Å². The lowest BCUT2D eigenvalue weighted by atomic mass is 10.0. The van der Waals surface area contributed by atoms with Gasteiger partial charge in [-0.3, -0.25) is 4.98 Å².